The van der Waals surface area contributed by atoms with E-state index in [2.05, 4.69) is 29.1 Å². The molecular weight excluding hydrogens is 264 g/mol. The lowest BCUT2D eigenvalue weighted by Gasteiger charge is -2.08. The van der Waals surface area contributed by atoms with E-state index in [9.17, 15) is 4.79 Å². The van der Waals surface area contributed by atoms with Gasteiger partial charge in [-0.05, 0) is 36.6 Å². The number of nitrogens with one attached hydrogen (secondary N) is 1. The number of rotatable bonds is 5. The summed E-state index contributed by atoms with van der Waals surface area (Å²) in [6.07, 6.45) is 2.60. The Kier molecular flexibility index (Phi) is 4.87. The molecule has 0 saturated carbocycles. The fourth-order valence-electron chi connectivity index (χ4n) is 1.84. The summed E-state index contributed by atoms with van der Waals surface area (Å²) in [7, 11) is 0. The Morgan fingerprint density at radius 3 is 2.76 bits per heavy atom. The van der Waals surface area contributed by atoms with E-state index in [0.29, 0.717) is 29.7 Å². The Labute approximate surface area is 124 Å². The molecule has 110 valence electrons. The molecule has 0 atom stereocenters. The van der Waals surface area contributed by atoms with Gasteiger partial charge in [0.25, 0.3) is 5.91 Å². The number of nitrogens with two attached hydrogens (primary N) is 1. The molecule has 5 heteroatoms. The number of hydrogen-bond donors (Lipinski definition) is 2. The van der Waals surface area contributed by atoms with Gasteiger partial charge in [-0.15, -0.1) is 0 Å². The summed E-state index contributed by atoms with van der Waals surface area (Å²) in [4.78, 5) is 20.5. The third-order valence-corrected chi connectivity index (χ3v) is 3.07. The quantitative estimate of drug-likeness (QED) is 0.884. The molecule has 0 saturated heterocycles. The number of anilines is 1. The Morgan fingerprint density at radius 2 is 2.10 bits per heavy atom. The smallest absolute Gasteiger partial charge is 0.269 e. The Hall–Kier alpha value is -2.43. The maximum atomic E-state index is 12.1. The number of nitrogen functional groups attached to an aromatic ring is 1. The van der Waals surface area contributed by atoms with Crippen LogP contribution >= 0.6 is 0 Å². The van der Waals surface area contributed by atoms with Gasteiger partial charge in [0, 0.05) is 18.3 Å². The number of aromatic nitrogens is 2. The van der Waals surface area contributed by atoms with Crippen LogP contribution in [0.1, 0.15) is 30.8 Å². The van der Waals surface area contributed by atoms with Crippen molar-refractivity contribution in [2.24, 2.45) is 5.92 Å². The van der Waals surface area contributed by atoms with Crippen LogP contribution in [0.4, 0.5) is 5.82 Å². The summed E-state index contributed by atoms with van der Waals surface area (Å²) < 4.78 is 0. The van der Waals surface area contributed by atoms with Gasteiger partial charge in [-0.2, -0.15) is 0 Å². The molecule has 0 aliphatic carbocycles. The van der Waals surface area contributed by atoms with Gasteiger partial charge < -0.3 is 11.1 Å². The minimum absolute atomic E-state index is 0.152. The highest BCUT2D eigenvalue weighted by atomic mass is 16.1. The van der Waals surface area contributed by atoms with Gasteiger partial charge in [0.2, 0.25) is 0 Å². The van der Waals surface area contributed by atoms with Gasteiger partial charge in [0.15, 0.2) is 0 Å². The van der Waals surface area contributed by atoms with E-state index in [1.807, 2.05) is 18.2 Å². The van der Waals surface area contributed by atoms with Crippen molar-refractivity contribution in [1.82, 2.24) is 15.3 Å². The lowest BCUT2D eigenvalue weighted by atomic mass is 10.1. The lowest BCUT2D eigenvalue weighted by Crippen LogP contribution is -2.26. The van der Waals surface area contributed by atoms with Crippen LogP contribution in [0, 0.1) is 5.92 Å². The minimum atomic E-state index is -0.152. The molecule has 0 fully saturated rings. The largest absolute Gasteiger partial charge is 0.384 e. The van der Waals surface area contributed by atoms with Crippen LogP contribution in [-0.4, -0.2) is 22.4 Å². The first-order chi connectivity index (χ1) is 10.1. The Bertz CT molecular complexity index is 608. The molecule has 0 aliphatic heterocycles. The summed E-state index contributed by atoms with van der Waals surface area (Å²) in [6.45, 7) is 4.91. The van der Waals surface area contributed by atoms with E-state index >= 15 is 0 Å². The average Bonchev–Trinajstić information content (AvgIpc) is 2.47. The highest BCUT2D eigenvalue weighted by molar-refractivity contribution is 5.92. The van der Waals surface area contributed by atoms with E-state index in [-0.39, 0.29) is 5.91 Å². The Morgan fingerprint density at radius 1 is 1.29 bits per heavy atom. The summed E-state index contributed by atoms with van der Waals surface area (Å²) in [6, 6.07) is 8.92. The molecule has 0 bridgehead atoms. The second-order valence-corrected chi connectivity index (χ2v) is 5.32. The van der Waals surface area contributed by atoms with Gasteiger partial charge in [-0.1, -0.05) is 19.9 Å². The first-order valence-electron chi connectivity index (χ1n) is 7.03. The van der Waals surface area contributed by atoms with Crippen LogP contribution in [0.15, 0.2) is 36.5 Å². The monoisotopic (exact) mass is 284 g/mol. The molecule has 3 N–H and O–H groups in total. The van der Waals surface area contributed by atoms with Crippen molar-refractivity contribution >= 4 is 11.7 Å². The molecule has 0 spiro atoms. The summed E-state index contributed by atoms with van der Waals surface area (Å²) in [5.74, 6) is 0.868. The molecule has 2 rings (SSSR count). The second-order valence-electron chi connectivity index (χ2n) is 5.32. The zero-order valence-corrected chi connectivity index (χ0v) is 12.3. The molecule has 0 aromatic carbocycles. The van der Waals surface area contributed by atoms with Crippen LogP contribution in [-0.2, 0) is 0 Å². The molecule has 5 nitrogen and oxygen atoms in total. The molecule has 0 unspecified atom stereocenters. The minimum Gasteiger partial charge on any atom is -0.384 e. The molecule has 0 aliphatic rings. The van der Waals surface area contributed by atoms with E-state index in [1.165, 1.54) is 0 Å². The second kappa shape index (κ2) is 6.83. The molecule has 2 aromatic rings. The number of carbonyl (C=O) groups excluding carboxylic acids is 1. The number of carbonyl (C=O) groups is 1. The molecule has 0 radical (unpaired) electrons. The maximum Gasteiger partial charge on any atom is 0.269 e. The first-order valence-corrected chi connectivity index (χ1v) is 7.03. The van der Waals surface area contributed by atoms with E-state index < -0.39 is 0 Å². The normalized spacial score (nSPS) is 10.6. The number of pyridine rings is 2. The SMILES string of the molecule is CC(C)CCNC(=O)c1cccc(-c2ccc(N)nc2)n1. The zero-order chi connectivity index (χ0) is 15.2. The summed E-state index contributed by atoms with van der Waals surface area (Å²) >= 11 is 0. The molecule has 21 heavy (non-hydrogen) atoms. The van der Waals surface area contributed by atoms with Gasteiger partial charge in [0.05, 0.1) is 5.69 Å². The fraction of sp³-hybridized carbons (Fsp3) is 0.312. The predicted octanol–water partition coefficient (Wildman–Crippen LogP) is 2.50. The third-order valence-electron chi connectivity index (χ3n) is 3.07. The van der Waals surface area contributed by atoms with Crippen LogP contribution in [0.25, 0.3) is 11.3 Å². The van der Waals surface area contributed by atoms with E-state index in [0.717, 1.165) is 12.0 Å². The third kappa shape index (κ3) is 4.27. The van der Waals surface area contributed by atoms with Gasteiger partial charge in [-0.3, -0.25) is 4.79 Å². The van der Waals surface area contributed by atoms with Crippen molar-refractivity contribution < 1.29 is 4.79 Å². The topological polar surface area (TPSA) is 80.9 Å². The van der Waals surface area contributed by atoms with Crippen LogP contribution in [0.5, 0.6) is 0 Å². The van der Waals surface area contributed by atoms with Gasteiger partial charge in [0.1, 0.15) is 11.5 Å². The van der Waals surface area contributed by atoms with Crippen LogP contribution in [0.2, 0.25) is 0 Å². The van der Waals surface area contributed by atoms with E-state index in [1.54, 1.807) is 18.3 Å². The van der Waals surface area contributed by atoms with E-state index in [4.69, 9.17) is 5.73 Å². The number of hydrogen-bond acceptors (Lipinski definition) is 4. The average molecular weight is 284 g/mol. The van der Waals surface area contributed by atoms with Crippen molar-refractivity contribution in [3.63, 3.8) is 0 Å². The maximum absolute atomic E-state index is 12.1. The summed E-state index contributed by atoms with van der Waals surface area (Å²) in [5.41, 5.74) is 7.52. The number of nitrogens with zero attached hydrogens (tertiary/aromatic N) is 2. The summed E-state index contributed by atoms with van der Waals surface area (Å²) in [5, 5.41) is 2.88. The van der Waals surface area contributed by atoms with Crippen LogP contribution < -0.4 is 11.1 Å². The fourth-order valence-corrected chi connectivity index (χ4v) is 1.84. The lowest BCUT2D eigenvalue weighted by molar-refractivity contribution is 0.0947. The van der Waals surface area contributed by atoms with Crippen molar-refractivity contribution in [3.8, 4) is 11.3 Å². The number of amides is 1. The molecule has 2 heterocycles. The van der Waals surface area contributed by atoms with Gasteiger partial charge in [-0.25, -0.2) is 9.97 Å². The highest BCUT2D eigenvalue weighted by Gasteiger charge is 2.09. The molecule has 1 amide bonds. The zero-order valence-electron chi connectivity index (χ0n) is 12.3. The standard InChI is InChI=1S/C16H20N4O/c1-11(2)8-9-18-16(21)14-5-3-4-13(20-14)12-6-7-15(17)19-10-12/h3-7,10-11H,8-9H2,1-2H3,(H2,17,19)(H,18,21). The molecule has 2 aromatic heterocycles. The van der Waals surface area contributed by atoms with Crippen molar-refractivity contribution in [3.05, 3.63) is 42.2 Å². The van der Waals surface area contributed by atoms with Crippen LogP contribution in [0.3, 0.4) is 0 Å². The predicted molar refractivity (Wildman–Crippen MR) is 83.7 cm³/mol. The first kappa shape index (κ1) is 15.0. The molecular formula is C16H20N4O. The van der Waals surface area contributed by atoms with Gasteiger partial charge >= 0.3 is 0 Å². The van der Waals surface area contributed by atoms with Crippen molar-refractivity contribution in [1.29, 1.82) is 0 Å². The van der Waals surface area contributed by atoms with Crippen molar-refractivity contribution in [2.45, 2.75) is 20.3 Å². The highest BCUT2D eigenvalue weighted by Crippen LogP contribution is 2.16. The Balaban J connectivity index is 2.10. The van der Waals surface area contributed by atoms with Crippen molar-refractivity contribution in [2.75, 3.05) is 12.3 Å².